The van der Waals surface area contributed by atoms with E-state index in [1.807, 2.05) is 20.8 Å². The highest BCUT2D eigenvalue weighted by molar-refractivity contribution is 6.80. The minimum absolute atomic E-state index is 0.0155. The van der Waals surface area contributed by atoms with Gasteiger partial charge < -0.3 is 10.5 Å². The zero-order chi connectivity index (χ0) is 17.1. The molecule has 124 valence electrons. The molecule has 0 fully saturated rings. The van der Waals surface area contributed by atoms with Crippen molar-refractivity contribution in [3.8, 4) is 0 Å². The van der Waals surface area contributed by atoms with Gasteiger partial charge in [-0.15, -0.1) is 0 Å². The fourth-order valence-electron chi connectivity index (χ4n) is 2.15. The van der Waals surface area contributed by atoms with Gasteiger partial charge in [0, 0.05) is 12.8 Å². The molecule has 0 aromatic carbocycles. The molecule has 0 radical (unpaired) electrons. The van der Waals surface area contributed by atoms with Crippen molar-refractivity contribution < 1.29 is 14.3 Å². The van der Waals surface area contributed by atoms with Crippen molar-refractivity contribution >= 4 is 20.0 Å². The molecule has 1 atom stereocenters. The Morgan fingerprint density at radius 2 is 1.52 bits per heavy atom. The number of rotatable bonds is 6. The molecule has 21 heavy (non-hydrogen) atoms. The summed E-state index contributed by atoms with van der Waals surface area (Å²) in [6, 6.07) is 0.901. The molecule has 0 saturated carbocycles. The van der Waals surface area contributed by atoms with E-state index in [0.29, 0.717) is 0 Å². The first-order valence-electron chi connectivity index (χ1n) is 7.64. The summed E-state index contributed by atoms with van der Waals surface area (Å²) in [7, 11) is -1.58. The highest BCUT2D eigenvalue weighted by Crippen LogP contribution is 2.41. The van der Waals surface area contributed by atoms with Crippen LogP contribution in [0.3, 0.4) is 0 Å². The molecule has 0 aliphatic carbocycles. The van der Waals surface area contributed by atoms with Gasteiger partial charge in [-0.25, -0.2) is 0 Å². The summed E-state index contributed by atoms with van der Waals surface area (Å²) in [4.78, 5) is 23.3. The number of nitrogens with two attached hydrogens (primary N) is 1. The maximum absolute atomic E-state index is 12.0. The second-order valence-corrected chi connectivity index (χ2v) is 14.3. The first-order valence-corrected chi connectivity index (χ1v) is 10.8. The van der Waals surface area contributed by atoms with Crippen LogP contribution in [0.4, 0.5) is 0 Å². The van der Waals surface area contributed by atoms with Crippen LogP contribution in [0, 0.1) is 5.92 Å². The Balaban J connectivity index is 4.90. The minimum atomic E-state index is -1.58. The number of amides is 1. The van der Waals surface area contributed by atoms with Gasteiger partial charge in [-0.1, -0.05) is 39.9 Å². The van der Waals surface area contributed by atoms with E-state index >= 15 is 0 Å². The molecule has 0 aromatic heterocycles. The van der Waals surface area contributed by atoms with Gasteiger partial charge in [0.15, 0.2) is 0 Å². The predicted octanol–water partition coefficient (Wildman–Crippen LogP) is 3.72. The molecule has 0 aliphatic heterocycles. The quantitative estimate of drug-likeness (QED) is 0.600. The minimum Gasteiger partial charge on any atom is -0.460 e. The highest BCUT2D eigenvalue weighted by atomic mass is 28.3. The second-order valence-electron chi connectivity index (χ2n) is 8.67. The second kappa shape index (κ2) is 6.94. The summed E-state index contributed by atoms with van der Waals surface area (Å²) in [5, 5.41) is 0.219. The van der Waals surface area contributed by atoms with Crippen LogP contribution in [0.1, 0.15) is 54.4 Å². The molecule has 2 N–H and O–H groups in total. The lowest BCUT2D eigenvalue weighted by atomic mass is 10.0. The average Bonchev–Trinajstić information content (AvgIpc) is 2.08. The van der Waals surface area contributed by atoms with E-state index in [1.54, 1.807) is 0 Å². The van der Waals surface area contributed by atoms with E-state index in [1.165, 1.54) is 0 Å². The Morgan fingerprint density at radius 3 is 1.86 bits per heavy atom. The average molecular weight is 316 g/mol. The predicted molar refractivity (Wildman–Crippen MR) is 89.8 cm³/mol. The zero-order valence-electron chi connectivity index (χ0n) is 15.0. The number of carbonyl (C=O) groups excluding carboxylic acids is 2. The molecule has 0 aliphatic rings. The van der Waals surface area contributed by atoms with Crippen molar-refractivity contribution in [3.63, 3.8) is 0 Å². The molecule has 0 aromatic rings. The summed E-state index contributed by atoms with van der Waals surface area (Å²) in [5.74, 6) is -0.604. The third-order valence-corrected chi connectivity index (χ3v) is 9.85. The Bertz CT molecular complexity index is 378. The normalized spacial score (nSPS) is 14.7. The maximum atomic E-state index is 12.0. The molecule has 4 nitrogen and oxygen atoms in total. The van der Waals surface area contributed by atoms with Crippen molar-refractivity contribution in [1.82, 2.24) is 0 Å². The Kier molecular flexibility index (Phi) is 6.67. The molecule has 0 unspecified atom stereocenters. The summed E-state index contributed by atoms with van der Waals surface area (Å²) >= 11 is 0. The molecule has 0 rings (SSSR count). The summed E-state index contributed by atoms with van der Waals surface area (Å²) in [6.45, 7) is 16.8. The highest BCUT2D eigenvalue weighted by Gasteiger charge is 2.38. The first-order chi connectivity index (χ1) is 9.14. The molecule has 0 bridgehead atoms. The molecule has 0 saturated heterocycles. The molecule has 5 heteroatoms. The Labute approximate surface area is 130 Å². The third kappa shape index (κ3) is 8.24. The number of primary amides is 1. The molecule has 1 amide bonds. The zero-order valence-corrected chi connectivity index (χ0v) is 16.0. The molecular weight excluding hydrogens is 282 g/mol. The van der Waals surface area contributed by atoms with Gasteiger partial charge in [0.25, 0.3) is 0 Å². The van der Waals surface area contributed by atoms with E-state index < -0.39 is 13.7 Å². The molecular formula is C16H33NO3Si. The van der Waals surface area contributed by atoms with Crippen molar-refractivity contribution in [1.29, 1.82) is 0 Å². The van der Waals surface area contributed by atoms with Crippen LogP contribution in [-0.2, 0) is 14.3 Å². The number of hydrogen-bond donors (Lipinski definition) is 1. The monoisotopic (exact) mass is 315 g/mol. The van der Waals surface area contributed by atoms with Crippen LogP contribution in [0.5, 0.6) is 0 Å². The van der Waals surface area contributed by atoms with Crippen LogP contribution in [0.2, 0.25) is 24.2 Å². The summed E-state index contributed by atoms with van der Waals surface area (Å²) < 4.78 is 5.37. The number of carbonyl (C=O) groups is 2. The number of esters is 1. The van der Waals surface area contributed by atoms with Crippen molar-refractivity contribution in [2.24, 2.45) is 11.7 Å². The van der Waals surface area contributed by atoms with Gasteiger partial charge in [0.1, 0.15) is 5.60 Å². The van der Waals surface area contributed by atoms with E-state index in [2.05, 4.69) is 33.9 Å². The lowest BCUT2D eigenvalue weighted by molar-refractivity contribution is -0.155. The van der Waals surface area contributed by atoms with Gasteiger partial charge in [0.05, 0.1) is 8.07 Å². The smallest absolute Gasteiger partial charge is 0.306 e. The van der Waals surface area contributed by atoms with Crippen LogP contribution in [0.25, 0.3) is 0 Å². The van der Waals surface area contributed by atoms with Crippen LogP contribution in [0.15, 0.2) is 0 Å². The molecule has 0 heterocycles. The Hall–Kier alpha value is -0.843. The van der Waals surface area contributed by atoms with Crippen molar-refractivity contribution in [2.45, 2.75) is 84.2 Å². The SMILES string of the molecule is CC(C)(C)OC(=O)C[C@@H](CC(N)=O)C[Si](C)(C)C(C)(C)C. The van der Waals surface area contributed by atoms with Crippen molar-refractivity contribution in [3.05, 3.63) is 0 Å². The first kappa shape index (κ1) is 20.2. The topological polar surface area (TPSA) is 69.4 Å². The lowest BCUT2D eigenvalue weighted by Gasteiger charge is -2.39. The van der Waals surface area contributed by atoms with Crippen LogP contribution >= 0.6 is 0 Å². The molecule has 0 spiro atoms. The summed E-state index contributed by atoms with van der Waals surface area (Å²) in [5.41, 5.74) is 4.85. The van der Waals surface area contributed by atoms with Gasteiger partial charge >= 0.3 is 5.97 Å². The summed E-state index contributed by atoms with van der Waals surface area (Å²) in [6.07, 6.45) is 0.526. The standard InChI is InChI=1S/C16H33NO3Si/c1-15(2,3)20-14(19)10-12(9-13(17)18)11-21(7,8)16(4,5)6/h12H,9-11H2,1-8H3,(H2,17,18)/t12-/m1/s1. The van der Waals surface area contributed by atoms with Crippen molar-refractivity contribution in [2.75, 3.05) is 0 Å². The van der Waals surface area contributed by atoms with E-state index in [-0.39, 0.29) is 35.7 Å². The number of hydrogen-bond acceptors (Lipinski definition) is 3. The maximum Gasteiger partial charge on any atom is 0.306 e. The third-order valence-electron chi connectivity index (χ3n) is 4.19. The van der Waals surface area contributed by atoms with Crippen LogP contribution < -0.4 is 5.73 Å². The van der Waals surface area contributed by atoms with Gasteiger partial charge in [-0.05, 0) is 31.7 Å². The number of ether oxygens (including phenoxy) is 1. The fourth-order valence-corrected chi connectivity index (χ4v) is 4.49. The fraction of sp³-hybridized carbons (Fsp3) is 0.875. The van der Waals surface area contributed by atoms with E-state index in [0.717, 1.165) is 6.04 Å². The Morgan fingerprint density at radius 1 is 1.05 bits per heavy atom. The van der Waals surface area contributed by atoms with Crippen LogP contribution in [-0.4, -0.2) is 25.6 Å². The largest absolute Gasteiger partial charge is 0.460 e. The van der Waals surface area contributed by atoms with E-state index in [4.69, 9.17) is 10.5 Å². The van der Waals surface area contributed by atoms with Gasteiger partial charge in [-0.3, -0.25) is 9.59 Å². The van der Waals surface area contributed by atoms with Gasteiger partial charge in [0.2, 0.25) is 5.91 Å². The van der Waals surface area contributed by atoms with Gasteiger partial charge in [-0.2, -0.15) is 0 Å². The van der Waals surface area contributed by atoms with E-state index in [9.17, 15) is 9.59 Å². The lowest BCUT2D eigenvalue weighted by Crippen LogP contribution is -2.40.